The Hall–Kier alpha value is -1.29. The van der Waals surface area contributed by atoms with Crippen LogP contribution in [0.25, 0.3) is 0 Å². The second-order valence-electron chi connectivity index (χ2n) is 4.70. The van der Waals surface area contributed by atoms with Crippen molar-refractivity contribution < 1.29 is 0 Å². The van der Waals surface area contributed by atoms with Gasteiger partial charge in [-0.2, -0.15) is 0 Å². The SMILES string of the molecule is Nc1ccc(N2CCN(C3CC3)CC2)cn1. The van der Waals surface area contributed by atoms with Gasteiger partial charge in [0.25, 0.3) is 0 Å². The molecule has 86 valence electrons. The van der Waals surface area contributed by atoms with Gasteiger partial charge in [0, 0.05) is 32.2 Å². The highest BCUT2D eigenvalue weighted by Crippen LogP contribution is 2.28. The fourth-order valence-electron chi connectivity index (χ4n) is 2.37. The van der Waals surface area contributed by atoms with Crippen molar-refractivity contribution in [3.8, 4) is 0 Å². The highest BCUT2D eigenvalue weighted by molar-refractivity contribution is 5.48. The molecule has 2 N–H and O–H groups in total. The Morgan fingerprint density at radius 1 is 1.12 bits per heavy atom. The molecule has 1 aromatic rings. The van der Waals surface area contributed by atoms with Crippen LogP contribution in [-0.2, 0) is 0 Å². The molecule has 1 saturated carbocycles. The number of hydrogen-bond acceptors (Lipinski definition) is 4. The number of nitrogen functional groups attached to an aromatic ring is 1. The van der Waals surface area contributed by atoms with Crippen LogP contribution in [0.15, 0.2) is 18.3 Å². The molecule has 1 aromatic heterocycles. The van der Waals surface area contributed by atoms with Crippen molar-refractivity contribution >= 4 is 11.5 Å². The lowest BCUT2D eigenvalue weighted by Crippen LogP contribution is -2.47. The number of piperazine rings is 1. The third kappa shape index (κ3) is 1.97. The normalized spacial score (nSPS) is 22.4. The molecule has 2 fully saturated rings. The van der Waals surface area contributed by atoms with E-state index in [-0.39, 0.29) is 0 Å². The Morgan fingerprint density at radius 2 is 1.88 bits per heavy atom. The van der Waals surface area contributed by atoms with E-state index in [1.165, 1.54) is 31.6 Å². The van der Waals surface area contributed by atoms with E-state index in [1.54, 1.807) is 0 Å². The van der Waals surface area contributed by atoms with Gasteiger partial charge in [0.1, 0.15) is 5.82 Å². The standard InChI is InChI=1S/C12H18N4/c13-12-4-3-11(9-14-12)16-7-5-15(6-8-16)10-1-2-10/h3-4,9-10H,1-2,5-8H2,(H2,13,14). The number of pyridine rings is 1. The van der Waals surface area contributed by atoms with Crippen molar-refractivity contribution in [1.29, 1.82) is 0 Å². The van der Waals surface area contributed by atoms with Crippen molar-refractivity contribution in [1.82, 2.24) is 9.88 Å². The zero-order valence-electron chi connectivity index (χ0n) is 9.47. The zero-order chi connectivity index (χ0) is 11.0. The van der Waals surface area contributed by atoms with Crippen LogP contribution in [-0.4, -0.2) is 42.1 Å². The van der Waals surface area contributed by atoms with Crippen LogP contribution < -0.4 is 10.6 Å². The molecule has 1 saturated heterocycles. The molecule has 0 atom stereocenters. The van der Waals surface area contributed by atoms with Crippen molar-refractivity contribution in [2.75, 3.05) is 36.8 Å². The molecular weight excluding hydrogens is 200 g/mol. The first-order valence-corrected chi connectivity index (χ1v) is 6.03. The number of nitrogens with zero attached hydrogens (tertiary/aromatic N) is 3. The predicted octanol–water partition coefficient (Wildman–Crippen LogP) is 0.948. The molecule has 1 aliphatic heterocycles. The Labute approximate surface area is 96.1 Å². The minimum atomic E-state index is 0.598. The monoisotopic (exact) mass is 218 g/mol. The van der Waals surface area contributed by atoms with Gasteiger partial charge in [-0.25, -0.2) is 4.98 Å². The summed E-state index contributed by atoms with van der Waals surface area (Å²) < 4.78 is 0. The molecule has 4 heteroatoms. The van der Waals surface area contributed by atoms with Crippen molar-refractivity contribution in [2.24, 2.45) is 0 Å². The van der Waals surface area contributed by atoms with E-state index >= 15 is 0 Å². The number of anilines is 2. The van der Waals surface area contributed by atoms with Gasteiger partial charge < -0.3 is 10.6 Å². The zero-order valence-corrected chi connectivity index (χ0v) is 9.47. The van der Waals surface area contributed by atoms with Gasteiger partial charge in [-0.3, -0.25) is 4.90 Å². The summed E-state index contributed by atoms with van der Waals surface area (Å²) in [7, 11) is 0. The van der Waals surface area contributed by atoms with Crippen LogP contribution >= 0.6 is 0 Å². The summed E-state index contributed by atoms with van der Waals surface area (Å²) in [5, 5.41) is 0. The summed E-state index contributed by atoms with van der Waals surface area (Å²) in [6.45, 7) is 4.61. The highest BCUT2D eigenvalue weighted by Gasteiger charge is 2.31. The molecule has 0 radical (unpaired) electrons. The van der Waals surface area contributed by atoms with E-state index in [1.807, 2.05) is 12.3 Å². The molecule has 0 amide bonds. The van der Waals surface area contributed by atoms with Crippen LogP contribution in [0, 0.1) is 0 Å². The van der Waals surface area contributed by atoms with Crippen LogP contribution in [0.1, 0.15) is 12.8 Å². The summed E-state index contributed by atoms with van der Waals surface area (Å²) in [6, 6.07) is 4.84. The minimum absolute atomic E-state index is 0.598. The molecule has 3 rings (SSSR count). The molecule has 2 heterocycles. The van der Waals surface area contributed by atoms with E-state index in [2.05, 4.69) is 20.9 Å². The number of aromatic nitrogens is 1. The Morgan fingerprint density at radius 3 is 2.44 bits per heavy atom. The molecule has 4 nitrogen and oxygen atoms in total. The Balaban J connectivity index is 1.62. The van der Waals surface area contributed by atoms with Gasteiger partial charge in [-0.15, -0.1) is 0 Å². The molecule has 0 spiro atoms. The maximum atomic E-state index is 5.59. The van der Waals surface area contributed by atoms with Gasteiger partial charge in [-0.05, 0) is 25.0 Å². The van der Waals surface area contributed by atoms with Crippen molar-refractivity contribution in [2.45, 2.75) is 18.9 Å². The summed E-state index contributed by atoms with van der Waals surface area (Å²) in [4.78, 5) is 9.15. The van der Waals surface area contributed by atoms with Crippen LogP contribution in [0.4, 0.5) is 11.5 Å². The topological polar surface area (TPSA) is 45.4 Å². The fraction of sp³-hybridized carbons (Fsp3) is 0.583. The Kier molecular flexibility index (Phi) is 2.44. The Bertz CT molecular complexity index is 350. The second kappa shape index (κ2) is 3.94. The van der Waals surface area contributed by atoms with Gasteiger partial charge in [0.15, 0.2) is 0 Å². The molecular formula is C12H18N4. The smallest absolute Gasteiger partial charge is 0.123 e. The van der Waals surface area contributed by atoms with Crippen LogP contribution in [0.3, 0.4) is 0 Å². The average Bonchev–Trinajstić information content (AvgIpc) is 3.14. The summed E-state index contributed by atoms with van der Waals surface area (Å²) in [6.07, 6.45) is 4.69. The molecule has 0 aromatic carbocycles. The number of rotatable bonds is 2. The summed E-state index contributed by atoms with van der Waals surface area (Å²) in [5.74, 6) is 0.598. The van der Waals surface area contributed by atoms with Gasteiger partial charge in [0.05, 0.1) is 11.9 Å². The quantitative estimate of drug-likeness (QED) is 0.802. The lowest BCUT2D eigenvalue weighted by atomic mass is 10.2. The molecule has 16 heavy (non-hydrogen) atoms. The predicted molar refractivity (Wildman–Crippen MR) is 65.5 cm³/mol. The molecule has 0 bridgehead atoms. The van der Waals surface area contributed by atoms with Crippen LogP contribution in [0.2, 0.25) is 0 Å². The van der Waals surface area contributed by atoms with E-state index in [4.69, 9.17) is 5.73 Å². The first kappa shape index (κ1) is 9.90. The fourth-order valence-corrected chi connectivity index (χ4v) is 2.37. The van der Waals surface area contributed by atoms with Gasteiger partial charge in [-0.1, -0.05) is 0 Å². The highest BCUT2D eigenvalue weighted by atomic mass is 15.3. The minimum Gasteiger partial charge on any atom is -0.384 e. The van der Waals surface area contributed by atoms with E-state index in [0.717, 1.165) is 19.1 Å². The number of nitrogens with two attached hydrogens (primary N) is 1. The molecule has 0 unspecified atom stereocenters. The largest absolute Gasteiger partial charge is 0.384 e. The average molecular weight is 218 g/mol. The van der Waals surface area contributed by atoms with Crippen molar-refractivity contribution in [3.63, 3.8) is 0 Å². The van der Waals surface area contributed by atoms with E-state index in [9.17, 15) is 0 Å². The molecule has 1 aliphatic carbocycles. The van der Waals surface area contributed by atoms with Gasteiger partial charge in [0.2, 0.25) is 0 Å². The molecule has 2 aliphatic rings. The lowest BCUT2D eigenvalue weighted by molar-refractivity contribution is 0.248. The third-order valence-corrected chi connectivity index (χ3v) is 3.51. The second-order valence-corrected chi connectivity index (χ2v) is 4.70. The first-order valence-electron chi connectivity index (χ1n) is 6.03. The van der Waals surface area contributed by atoms with Crippen molar-refractivity contribution in [3.05, 3.63) is 18.3 Å². The van der Waals surface area contributed by atoms with Crippen LogP contribution in [0.5, 0.6) is 0 Å². The first-order chi connectivity index (χ1) is 7.83. The lowest BCUT2D eigenvalue weighted by Gasteiger charge is -2.36. The van der Waals surface area contributed by atoms with E-state index < -0.39 is 0 Å². The van der Waals surface area contributed by atoms with E-state index in [0.29, 0.717) is 5.82 Å². The maximum absolute atomic E-state index is 5.59. The third-order valence-electron chi connectivity index (χ3n) is 3.51. The summed E-state index contributed by atoms with van der Waals surface area (Å²) >= 11 is 0. The number of hydrogen-bond donors (Lipinski definition) is 1. The maximum Gasteiger partial charge on any atom is 0.123 e. The van der Waals surface area contributed by atoms with Gasteiger partial charge >= 0.3 is 0 Å². The summed E-state index contributed by atoms with van der Waals surface area (Å²) in [5.41, 5.74) is 6.79.